The van der Waals surface area contributed by atoms with Gasteiger partial charge in [0.15, 0.2) is 0 Å². The van der Waals surface area contributed by atoms with E-state index in [2.05, 4.69) is 42.3 Å². The zero-order valence-electron chi connectivity index (χ0n) is 16.6. The lowest BCUT2D eigenvalue weighted by Crippen LogP contribution is -2.48. The highest BCUT2D eigenvalue weighted by atomic mass is 35.5. The number of amides is 1. The Labute approximate surface area is 184 Å². The summed E-state index contributed by atoms with van der Waals surface area (Å²) in [4.78, 5) is 20.6. The van der Waals surface area contributed by atoms with Gasteiger partial charge in [0.2, 0.25) is 5.91 Å². The number of hydrogen-bond donors (Lipinski definition) is 1. The van der Waals surface area contributed by atoms with Gasteiger partial charge in [-0.2, -0.15) is 0 Å². The predicted molar refractivity (Wildman–Crippen MR) is 122 cm³/mol. The molecule has 4 nitrogen and oxygen atoms in total. The largest absolute Gasteiger partial charge is 0.341 e. The number of carbonyl (C=O) groups excluding carboxylic acids is 1. The molecular weight excluding hydrogens is 413 g/mol. The van der Waals surface area contributed by atoms with Crippen molar-refractivity contribution in [3.63, 3.8) is 0 Å². The molecule has 0 radical (unpaired) electrons. The van der Waals surface area contributed by atoms with E-state index in [0.717, 1.165) is 49.3 Å². The molecule has 2 bridgehead atoms. The minimum atomic E-state index is -0.322. The first-order valence-electron chi connectivity index (χ1n) is 10.0. The van der Waals surface area contributed by atoms with E-state index in [1.54, 1.807) is 11.3 Å². The van der Waals surface area contributed by atoms with E-state index in [0.29, 0.717) is 18.0 Å². The maximum absolute atomic E-state index is 13.6. The smallest absolute Gasteiger partial charge is 0.229 e. The standard InChI is InChI=1S/C21H29N3OS.2ClH/c1-3-21(4-2,13-19-23-17-7-5-6-8-18(17)26-19)20(25)24-12-11-15-9-10-16(14-24)22-15;;/h5-8,15-16,22H,3-4,9-14H2,1-2H3;2*1H. The highest BCUT2D eigenvalue weighted by Gasteiger charge is 2.41. The van der Waals surface area contributed by atoms with E-state index >= 15 is 0 Å². The van der Waals surface area contributed by atoms with Gasteiger partial charge < -0.3 is 10.2 Å². The van der Waals surface area contributed by atoms with Gasteiger partial charge >= 0.3 is 0 Å². The molecule has 4 rings (SSSR count). The van der Waals surface area contributed by atoms with Gasteiger partial charge in [-0.1, -0.05) is 26.0 Å². The Morgan fingerprint density at radius 1 is 1.18 bits per heavy atom. The average Bonchev–Trinajstić information content (AvgIpc) is 3.21. The van der Waals surface area contributed by atoms with Crippen LogP contribution in [-0.4, -0.2) is 41.0 Å². The molecule has 28 heavy (non-hydrogen) atoms. The van der Waals surface area contributed by atoms with E-state index in [1.165, 1.54) is 17.5 Å². The molecule has 2 atom stereocenters. The molecule has 1 aromatic heterocycles. The molecule has 1 N–H and O–H groups in total. The maximum atomic E-state index is 13.6. The van der Waals surface area contributed by atoms with Crippen LogP contribution in [0.2, 0.25) is 0 Å². The van der Waals surface area contributed by atoms with Crippen LogP contribution in [0.25, 0.3) is 10.2 Å². The summed E-state index contributed by atoms with van der Waals surface area (Å²) in [6, 6.07) is 9.37. The second-order valence-corrected chi connectivity index (χ2v) is 9.03. The number of benzene rings is 1. The molecule has 3 heterocycles. The van der Waals surface area contributed by atoms with Crippen molar-refractivity contribution in [2.45, 2.75) is 64.5 Å². The Morgan fingerprint density at radius 3 is 2.61 bits per heavy atom. The zero-order valence-corrected chi connectivity index (χ0v) is 19.1. The second-order valence-electron chi connectivity index (χ2n) is 7.92. The number of para-hydroxylation sites is 1. The van der Waals surface area contributed by atoms with E-state index in [1.807, 2.05) is 6.07 Å². The molecule has 2 fully saturated rings. The summed E-state index contributed by atoms with van der Waals surface area (Å²) in [6.07, 6.45) is 6.07. The number of carbonyl (C=O) groups is 1. The molecule has 2 aromatic rings. The summed E-state index contributed by atoms with van der Waals surface area (Å²) in [6.45, 7) is 6.10. The molecule has 2 aliphatic rings. The summed E-state index contributed by atoms with van der Waals surface area (Å²) in [5.41, 5.74) is 0.731. The molecule has 1 aromatic carbocycles. The monoisotopic (exact) mass is 443 g/mol. The Bertz CT molecular complexity index is 760. The Kier molecular flexibility index (Phi) is 8.15. The van der Waals surface area contributed by atoms with E-state index in [4.69, 9.17) is 4.98 Å². The van der Waals surface area contributed by atoms with Crippen molar-refractivity contribution in [1.82, 2.24) is 15.2 Å². The normalized spacial score (nSPS) is 21.7. The van der Waals surface area contributed by atoms with Crippen LogP contribution in [0.15, 0.2) is 24.3 Å². The van der Waals surface area contributed by atoms with Gasteiger partial charge in [-0.25, -0.2) is 4.98 Å². The molecule has 2 aliphatic heterocycles. The molecule has 0 saturated carbocycles. The van der Waals surface area contributed by atoms with E-state index in [-0.39, 0.29) is 30.2 Å². The third-order valence-electron chi connectivity index (χ3n) is 6.45. The van der Waals surface area contributed by atoms with Gasteiger partial charge in [-0.3, -0.25) is 4.79 Å². The number of nitrogens with one attached hydrogen (secondary N) is 1. The molecule has 0 spiro atoms. The Balaban J connectivity index is 0.00000140. The minimum Gasteiger partial charge on any atom is -0.341 e. The molecular formula is C21H31Cl2N3OS. The van der Waals surface area contributed by atoms with Gasteiger partial charge in [-0.15, -0.1) is 36.2 Å². The Hall–Kier alpha value is -0.880. The van der Waals surface area contributed by atoms with Crippen molar-refractivity contribution < 1.29 is 4.79 Å². The topological polar surface area (TPSA) is 45.2 Å². The molecule has 156 valence electrons. The van der Waals surface area contributed by atoms with Crippen molar-refractivity contribution >= 4 is 52.3 Å². The molecule has 1 amide bonds. The fraction of sp³-hybridized carbons (Fsp3) is 0.619. The van der Waals surface area contributed by atoms with Crippen LogP contribution in [0.5, 0.6) is 0 Å². The fourth-order valence-corrected chi connectivity index (χ4v) is 5.74. The van der Waals surface area contributed by atoms with Crippen molar-refractivity contribution in [2.24, 2.45) is 5.41 Å². The predicted octanol–water partition coefficient (Wildman–Crippen LogP) is 4.84. The summed E-state index contributed by atoms with van der Waals surface area (Å²) in [5.74, 6) is 0.344. The summed E-state index contributed by atoms with van der Waals surface area (Å²) < 4.78 is 1.22. The lowest BCUT2D eigenvalue weighted by molar-refractivity contribution is -0.143. The summed E-state index contributed by atoms with van der Waals surface area (Å²) in [7, 11) is 0. The number of fused-ring (bicyclic) bond motifs is 3. The van der Waals surface area contributed by atoms with Crippen molar-refractivity contribution in [3.05, 3.63) is 29.3 Å². The van der Waals surface area contributed by atoms with Gasteiger partial charge in [0.05, 0.1) is 20.6 Å². The maximum Gasteiger partial charge on any atom is 0.229 e. The second kappa shape index (κ2) is 9.75. The average molecular weight is 444 g/mol. The summed E-state index contributed by atoms with van der Waals surface area (Å²) in [5, 5.41) is 4.78. The quantitative estimate of drug-likeness (QED) is 0.718. The van der Waals surface area contributed by atoms with Crippen LogP contribution in [0.4, 0.5) is 0 Å². The van der Waals surface area contributed by atoms with Gasteiger partial charge in [0, 0.05) is 31.6 Å². The number of nitrogens with zero attached hydrogens (tertiary/aromatic N) is 2. The number of aromatic nitrogens is 1. The number of rotatable bonds is 5. The van der Waals surface area contributed by atoms with Gasteiger partial charge in [0.25, 0.3) is 0 Å². The van der Waals surface area contributed by atoms with Crippen LogP contribution in [0.1, 0.15) is 51.0 Å². The summed E-state index contributed by atoms with van der Waals surface area (Å²) >= 11 is 1.74. The third-order valence-corrected chi connectivity index (χ3v) is 7.48. The highest BCUT2D eigenvalue weighted by Crippen LogP contribution is 2.37. The van der Waals surface area contributed by atoms with Crippen LogP contribution >= 0.6 is 36.2 Å². The van der Waals surface area contributed by atoms with Gasteiger partial charge in [0.1, 0.15) is 0 Å². The zero-order chi connectivity index (χ0) is 18.1. The number of hydrogen-bond acceptors (Lipinski definition) is 4. The SMILES string of the molecule is CCC(CC)(Cc1nc2ccccc2s1)C(=O)N1CCC2CCC(C1)N2.Cl.Cl. The van der Waals surface area contributed by atoms with Crippen LogP contribution in [0, 0.1) is 5.41 Å². The van der Waals surface area contributed by atoms with Crippen molar-refractivity contribution in [2.75, 3.05) is 13.1 Å². The van der Waals surface area contributed by atoms with Gasteiger partial charge in [-0.05, 0) is 44.2 Å². The fourth-order valence-electron chi connectivity index (χ4n) is 4.63. The molecule has 2 saturated heterocycles. The minimum absolute atomic E-state index is 0. The van der Waals surface area contributed by atoms with E-state index < -0.39 is 0 Å². The molecule has 2 unspecified atom stereocenters. The number of halogens is 2. The van der Waals surface area contributed by atoms with Crippen molar-refractivity contribution in [1.29, 1.82) is 0 Å². The lowest BCUT2D eigenvalue weighted by atomic mass is 9.77. The van der Waals surface area contributed by atoms with Crippen LogP contribution in [0.3, 0.4) is 0 Å². The highest BCUT2D eigenvalue weighted by molar-refractivity contribution is 7.18. The third kappa shape index (κ3) is 4.48. The van der Waals surface area contributed by atoms with Crippen LogP contribution < -0.4 is 5.32 Å². The first-order valence-corrected chi connectivity index (χ1v) is 10.8. The Morgan fingerprint density at radius 2 is 1.89 bits per heavy atom. The molecule has 7 heteroatoms. The first-order chi connectivity index (χ1) is 12.6. The van der Waals surface area contributed by atoms with E-state index in [9.17, 15) is 4.79 Å². The van der Waals surface area contributed by atoms with Crippen molar-refractivity contribution in [3.8, 4) is 0 Å². The molecule has 0 aliphatic carbocycles. The number of thiazole rings is 1. The van der Waals surface area contributed by atoms with Crippen LogP contribution in [-0.2, 0) is 11.2 Å². The first kappa shape index (κ1) is 23.4. The number of likely N-dealkylation sites (tertiary alicyclic amines) is 1. The lowest BCUT2D eigenvalue weighted by Gasteiger charge is -2.36.